The molecule has 1 N–H and O–H groups in total. The maximum atomic E-state index is 14.0. The second-order valence-electron chi connectivity index (χ2n) is 9.16. The zero-order valence-corrected chi connectivity index (χ0v) is 21.0. The van der Waals surface area contributed by atoms with E-state index in [1.54, 1.807) is 35.2 Å². The first-order chi connectivity index (χ1) is 17.7. The van der Waals surface area contributed by atoms with E-state index in [2.05, 4.69) is 5.10 Å². The largest absolute Gasteiger partial charge is 0.331 e. The third-order valence-corrected chi connectivity index (χ3v) is 6.67. The molecule has 0 atom stereocenters. The molecule has 186 valence electrons. The number of carbonyl (C=O) groups is 2. The zero-order chi connectivity index (χ0) is 26.4. The van der Waals surface area contributed by atoms with E-state index in [0.29, 0.717) is 23.5 Å². The van der Waals surface area contributed by atoms with Crippen LogP contribution in [0.3, 0.4) is 0 Å². The van der Waals surface area contributed by atoms with E-state index in [1.807, 2.05) is 39.8 Å². The molecule has 2 aromatic heterocycles. The van der Waals surface area contributed by atoms with Crippen molar-refractivity contribution in [1.82, 2.24) is 9.78 Å². The molecule has 5 rings (SSSR count). The van der Waals surface area contributed by atoms with Gasteiger partial charge in [-0.1, -0.05) is 19.1 Å². The molecule has 8 heteroatoms. The minimum Gasteiger partial charge on any atom is -0.294 e. The number of halogens is 1. The molecule has 37 heavy (non-hydrogen) atoms. The molecule has 0 bridgehead atoms. The number of nitrogens with one attached hydrogen (secondary N) is 1. The van der Waals surface area contributed by atoms with Crippen molar-refractivity contribution < 1.29 is 18.5 Å². The number of nitrogens with zero attached hydrogens (tertiary/aromatic N) is 3. The molecule has 0 saturated heterocycles. The molecule has 2 aromatic carbocycles. The molecule has 3 heterocycles. The van der Waals surface area contributed by atoms with Gasteiger partial charge in [-0.3, -0.25) is 19.5 Å². The maximum absolute atomic E-state index is 14.0. The van der Waals surface area contributed by atoms with Gasteiger partial charge in [0, 0.05) is 17.3 Å². The number of rotatable bonds is 5. The molecule has 2 amide bonds. The first-order valence-corrected chi connectivity index (χ1v) is 12.0. The van der Waals surface area contributed by atoms with Gasteiger partial charge in [0.1, 0.15) is 11.4 Å². The molecule has 0 aliphatic carbocycles. The monoisotopic (exact) mass is 497 g/mol. The summed E-state index contributed by atoms with van der Waals surface area (Å²) in [6, 6.07) is 14.4. The number of amides is 2. The summed E-state index contributed by atoms with van der Waals surface area (Å²) in [6.45, 7) is 7.61. The standard InChI is InChI=1S/C29H25FN4O3/c1-5-23-24(28(36)34(31-23)21-11-9-20(30)10-12-21)25-26(32-14-13-18(3)19(4)16-32)29(37)33(27(25)35)22-8-6-7-17(2)15-22/h6-16H,5H2,1-4H3/p+1. The van der Waals surface area contributed by atoms with Gasteiger partial charge in [-0.05, 0) is 74.7 Å². The molecule has 0 unspecified atom stereocenters. The lowest BCUT2D eigenvalue weighted by molar-refractivity contribution is -0.577. The van der Waals surface area contributed by atoms with Crippen molar-refractivity contribution in [2.24, 2.45) is 0 Å². The molecule has 0 radical (unpaired) electrons. The predicted molar refractivity (Wildman–Crippen MR) is 139 cm³/mol. The van der Waals surface area contributed by atoms with Crippen molar-refractivity contribution in [2.75, 3.05) is 4.90 Å². The Hall–Kier alpha value is -4.59. The number of carbonyl (C=O) groups excluding carboxylic acids is 2. The van der Waals surface area contributed by atoms with Gasteiger partial charge in [0.2, 0.25) is 0 Å². The van der Waals surface area contributed by atoms with Gasteiger partial charge in [-0.2, -0.15) is 4.57 Å². The summed E-state index contributed by atoms with van der Waals surface area (Å²) in [6.07, 6.45) is 3.91. The van der Waals surface area contributed by atoms with Crippen LogP contribution in [0.2, 0.25) is 0 Å². The van der Waals surface area contributed by atoms with Crippen LogP contribution in [0.1, 0.15) is 34.9 Å². The van der Waals surface area contributed by atoms with Crippen LogP contribution >= 0.6 is 0 Å². The van der Waals surface area contributed by atoms with Crippen molar-refractivity contribution in [3.63, 3.8) is 0 Å². The van der Waals surface area contributed by atoms with E-state index in [1.165, 1.54) is 28.9 Å². The van der Waals surface area contributed by atoms with Crippen LogP contribution in [0.15, 0.2) is 71.8 Å². The van der Waals surface area contributed by atoms with Crippen LogP contribution in [0, 0.1) is 26.6 Å². The maximum Gasteiger partial charge on any atom is 0.331 e. The van der Waals surface area contributed by atoms with Crippen molar-refractivity contribution in [3.8, 4) is 5.69 Å². The molecule has 4 aromatic rings. The van der Waals surface area contributed by atoms with E-state index in [9.17, 15) is 18.8 Å². The Balaban J connectivity index is 1.79. The van der Waals surface area contributed by atoms with Crippen LogP contribution < -0.4 is 15.0 Å². The fourth-order valence-electron chi connectivity index (χ4n) is 4.57. The number of hydrogen-bond acceptors (Lipinski definition) is 3. The van der Waals surface area contributed by atoms with E-state index >= 15 is 0 Å². The van der Waals surface area contributed by atoms with E-state index in [4.69, 9.17) is 0 Å². The predicted octanol–water partition coefficient (Wildman–Crippen LogP) is 4.02. The molecule has 1 aliphatic rings. The molecule has 0 saturated carbocycles. The third kappa shape index (κ3) is 4.00. The summed E-state index contributed by atoms with van der Waals surface area (Å²) in [5, 5.41) is 3.06. The van der Waals surface area contributed by atoms with Crippen molar-refractivity contribution >= 4 is 28.8 Å². The van der Waals surface area contributed by atoms with Gasteiger partial charge in [0.25, 0.3) is 17.2 Å². The summed E-state index contributed by atoms with van der Waals surface area (Å²) < 4.78 is 16.4. The molecule has 0 spiro atoms. The summed E-state index contributed by atoms with van der Waals surface area (Å²) in [4.78, 5) is 42.8. The number of pyridine rings is 1. The van der Waals surface area contributed by atoms with Crippen LogP contribution in [0.4, 0.5) is 10.1 Å². The second-order valence-corrected chi connectivity index (χ2v) is 9.16. The lowest BCUT2D eigenvalue weighted by atomic mass is 10.0. The van der Waals surface area contributed by atoms with Gasteiger partial charge in [0.15, 0.2) is 12.4 Å². The highest BCUT2D eigenvalue weighted by molar-refractivity contribution is 6.53. The summed E-state index contributed by atoms with van der Waals surface area (Å²) in [7, 11) is 0. The minimum atomic E-state index is -0.576. The Kier molecular flexibility index (Phi) is 5.95. The quantitative estimate of drug-likeness (QED) is 0.334. The highest BCUT2D eigenvalue weighted by Crippen LogP contribution is 2.34. The fourth-order valence-corrected chi connectivity index (χ4v) is 4.57. The molecule has 7 nitrogen and oxygen atoms in total. The Labute approximate surface area is 213 Å². The minimum absolute atomic E-state index is 0.0266. The topological polar surface area (TPSA) is 79.1 Å². The highest BCUT2D eigenvalue weighted by atomic mass is 19.1. The summed E-state index contributed by atoms with van der Waals surface area (Å²) >= 11 is 0. The lowest BCUT2D eigenvalue weighted by Crippen LogP contribution is -2.40. The van der Waals surface area contributed by atoms with Crippen LogP contribution in [-0.4, -0.2) is 21.6 Å². The van der Waals surface area contributed by atoms with E-state index in [-0.39, 0.29) is 16.8 Å². The third-order valence-electron chi connectivity index (χ3n) is 6.67. The number of aromatic nitrogens is 3. The molecular weight excluding hydrogens is 471 g/mol. The number of hydrogen-bond donors (Lipinski definition) is 1. The van der Waals surface area contributed by atoms with Gasteiger partial charge in [0.05, 0.1) is 16.9 Å². The van der Waals surface area contributed by atoms with Gasteiger partial charge in [-0.15, -0.1) is 0 Å². The fraction of sp³-hybridized carbons (Fsp3) is 0.172. The van der Waals surface area contributed by atoms with Crippen molar-refractivity contribution in [1.29, 1.82) is 0 Å². The first kappa shape index (κ1) is 24.1. The van der Waals surface area contributed by atoms with E-state index in [0.717, 1.165) is 21.6 Å². The number of anilines is 1. The highest BCUT2D eigenvalue weighted by Gasteiger charge is 2.48. The van der Waals surface area contributed by atoms with Gasteiger partial charge in [-0.25, -0.2) is 14.0 Å². The number of aryl methyl sites for hydroxylation is 4. The summed E-state index contributed by atoms with van der Waals surface area (Å²) in [5.41, 5.74) is 3.96. The van der Waals surface area contributed by atoms with E-state index < -0.39 is 23.2 Å². The summed E-state index contributed by atoms with van der Waals surface area (Å²) in [5.74, 6) is -1.52. The Bertz CT molecular complexity index is 1660. The Morgan fingerprint density at radius 1 is 0.892 bits per heavy atom. The second kappa shape index (κ2) is 9.13. The van der Waals surface area contributed by atoms with Crippen molar-refractivity contribution in [3.05, 3.63) is 111 Å². The Morgan fingerprint density at radius 3 is 2.27 bits per heavy atom. The lowest BCUT2D eigenvalue weighted by Gasteiger charge is -2.14. The SMILES string of the molecule is CCc1[nH]n(-c2ccc(F)cc2)c(=O)c1C1=C([n+]2ccc(C)c(C)c2)C(=O)N(c2cccc(C)c2)C1=O. The molecule has 0 fully saturated rings. The number of imide groups is 1. The van der Waals surface area contributed by atoms with Gasteiger partial charge >= 0.3 is 5.91 Å². The van der Waals surface area contributed by atoms with Crippen LogP contribution in [0.25, 0.3) is 17.0 Å². The molecule has 1 aliphatic heterocycles. The molecular formula is C29H26FN4O3+. The average Bonchev–Trinajstić information content (AvgIpc) is 3.33. The number of H-pyrrole nitrogens is 1. The first-order valence-electron chi connectivity index (χ1n) is 12.0. The number of aromatic amines is 1. The number of benzene rings is 2. The zero-order valence-electron chi connectivity index (χ0n) is 21.0. The average molecular weight is 498 g/mol. The van der Waals surface area contributed by atoms with Crippen molar-refractivity contribution in [2.45, 2.75) is 34.1 Å². The van der Waals surface area contributed by atoms with Crippen LogP contribution in [-0.2, 0) is 16.0 Å². The van der Waals surface area contributed by atoms with Crippen LogP contribution in [0.5, 0.6) is 0 Å². The Morgan fingerprint density at radius 2 is 1.62 bits per heavy atom. The normalized spacial score (nSPS) is 13.7. The smallest absolute Gasteiger partial charge is 0.294 e. The van der Waals surface area contributed by atoms with Gasteiger partial charge < -0.3 is 0 Å².